The van der Waals surface area contributed by atoms with Crippen LogP contribution in [-0.4, -0.2) is 27.8 Å². The number of carbonyl (C=O) groups excluding carboxylic acids is 1. The molecule has 0 N–H and O–H groups in total. The summed E-state index contributed by atoms with van der Waals surface area (Å²) in [4.78, 5) is 23.1. The molecule has 6 heteroatoms. The molecule has 4 aromatic rings. The molecule has 0 unspecified atom stereocenters. The molecule has 0 aliphatic carbocycles. The first-order valence-corrected chi connectivity index (χ1v) is 9.73. The Morgan fingerprint density at radius 3 is 2.79 bits per heavy atom. The van der Waals surface area contributed by atoms with Gasteiger partial charge in [-0.05, 0) is 18.6 Å². The van der Waals surface area contributed by atoms with Crippen molar-refractivity contribution in [1.29, 1.82) is 0 Å². The molecule has 0 aliphatic heterocycles. The van der Waals surface area contributed by atoms with Crippen LogP contribution in [0.4, 0.5) is 4.39 Å². The standard InChI is InChI=1S/C23H22FN3O2/c1-3-4-8-21-18(16-7-5-6-9-20(16)29-21)14-27(2)23(28)17-12-15(24)13-19-22(17)26-11-10-25-19/h5-7,9-13H,3-4,8,14H2,1-2H3. The van der Waals surface area contributed by atoms with E-state index in [-0.39, 0.29) is 11.5 Å². The van der Waals surface area contributed by atoms with Crippen LogP contribution in [-0.2, 0) is 13.0 Å². The average molecular weight is 391 g/mol. The maximum absolute atomic E-state index is 14.1. The minimum atomic E-state index is -0.507. The zero-order chi connectivity index (χ0) is 20.4. The predicted octanol–water partition coefficient (Wildman–Crippen LogP) is 5.13. The molecular formula is C23H22FN3O2. The molecule has 5 nitrogen and oxygen atoms in total. The van der Waals surface area contributed by atoms with E-state index in [9.17, 15) is 9.18 Å². The summed E-state index contributed by atoms with van der Waals surface area (Å²) in [5.41, 5.74) is 2.78. The van der Waals surface area contributed by atoms with E-state index in [2.05, 4.69) is 16.9 Å². The number of amides is 1. The van der Waals surface area contributed by atoms with Crippen LogP contribution in [0.1, 0.15) is 41.4 Å². The summed E-state index contributed by atoms with van der Waals surface area (Å²) in [6, 6.07) is 10.3. The summed E-state index contributed by atoms with van der Waals surface area (Å²) in [5, 5.41) is 1.00. The van der Waals surface area contributed by atoms with Crippen LogP contribution in [0.5, 0.6) is 0 Å². The first kappa shape index (κ1) is 19.1. The Hall–Kier alpha value is -3.28. The van der Waals surface area contributed by atoms with Crippen LogP contribution >= 0.6 is 0 Å². The van der Waals surface area contributed by atoms with Gasteiger partial charge in [0.25, 0.3) is 5.91 Å². The summed E-state index contributed by atoms with van der Waals surface area (Å²) in [5.74, 6) is 0.0884. The molecule has 148 valence electrons. The van der Waals surface area contributed by atoms with Gasteiger partial charge in [0.05, 0.1) is 11.1 Å². The first-order chi connectivity index (χ1) is 14.1. The third-order valence-electron chi connectivity index (χ3n) is 5.05. The molecule has 2 aromatic heterocycles. The number of rotatable bonds is 6. The third kappa shape index (κ3) is 3.70. The number of aromatic nitrogens is 2. The van der Waals surface area contributed by atoms with Gasteiger partial charge in [0.15, 0.2) is 0 Å². The molecule has 29 heavy (non-hydrogen) atoms. The van der Waals surface area contributed by atoms with E-state index < -0.39 is 5.82 Å². The number of hydrogen-bond acceptors (Lipinski definition) is 4. The summed E-state index contributed by atoms with van der Waals surface area (Å²) >= 11 is 0. The van der Waals surface area contributed by atoms with Crippen LogP contribution in [0.15, 0.2) is 53.2 Å². The van der Waals surface area contributed by atoms with E-state index in [4.69, 9.17) is 4.42 Å². The smallest absolute Gasteiger partial charge is 0.256 e. The number of carbonyl (C=O) groups is 1. The van der Waals surface area contributed by atoms with Gasteiger partial charge in [-0.1, -0.05) is 31.5 Å². The fourth-order valence-corrected chi connectivity index (χ4v) is 3.58. The van der Waals surface area contributed by atoms with Crippen molar-refractivity contribution in [3.05, 3.63) is 71.5 Å². The topological polar surface area (TPSA) is 59.2 Å². The van der Waals surface area contributed by atoms with Crippen LogP contribution in [0.25, 0.3) is 22.0 Å². The lowest BCUT2D eigenvalue weighted by atomic mass is 10.1. The number of unbranched alkanes of at least 4 members (excludes halogenated alkanes) is 1. The first-order valence-electron chi connectivity index (χ1n) is 9.73. The van der Waals surface area contributed by atoms with Crippen LogP contribution in [0.3, 0.4) is 0 Å². The average Bonchev–Trinajstić information content (AvgIpc) is 3.08. The molecule has 0 saturated heterocycles. The monoisotopic (exact) mass is 391 g/mol. The molecule has 2 aromatic carbocycles. The summed E-state index contributed by atoms with van der Waals surface area (Å²) in [6.45, 7) is 2.50. The van der Waals surface area contributed by atoms with Crippen molar-refractivity contribution in [3.8, 4) is 0 Å². The largest absolute Gasteiger partial charge is 0.461 e. The maximum Gasteiger partial charge on any atom is 0.256 e. The van der Waals surface area contributed by atoms with Gasteiger partial charge in [-0.2, -0.15) is 0 Å². The molecule has 0 aliphatic rings. The Morgan fingerprint density at radius 1 is 1.17 bits per heavy atom. The van der Waals surface area contributed by atoms with Gasteiger partial charge in [-0.3, -0.25) is 14.8 Å². The van der Waals surface area contributed by atoms with Gasteiger partial charge in [0.2, 0.25) is 0 Å². The minimum absolute atomic E-state index is 0.207. The van der Waals surface area contributed by atoms with Gasteiger partial charge in [-0.25, -0.2) is 4.39 Å². The number of halogens is 1. The molecule has 4 rings (SSSR count). The zero-order valence-corrected chi connectivity index (χ0v) is 16.5. The molecule has 0 spiro atoms. The summed E-state index contributed by atoms with van der Waals surface area (Å²) in [6.07, 6.45) is 5.87. The number of para-hydroxylation sites is 1. The zero-order valence-electron chi connectivity index (χ0n) is 16.5. The van der Waals surface area contributed by atoms with Crippen LogP contribution < -0.4 is 0 Å². The van der Waals surface area contributed by atoms with Crippen LogP contribution in [0.2, 0.25) is 0 Å². The molecule has 0 atom stereocenters. The van der Waals surface area contributed by atoms with E-state index >= 15 is 0 Å². The molecular weight excluding hydrogens is 369 g/mol. The molecule has 0 saturated carbocycles. The van der Waals surface area contributed by atoms with E-state index in [1.54, 1.807) is 11.9 Å². The highest BCUT2D eigenvalue weighted by Gasteiger charge is 2.21. The minimum Gasteiger partial charge on any atom is -0.461 e. The highest BCUT2D eigenvalue weighted by molar-refractivity contribution is 6.04. The van der Waals surface area contributed by atoms with Gasteiger partial charge in [0.1, 0.15) is 22.7 Å². The summed E-state index contributed by atoms with van der Waals surface area (Å²) in [7, 11) is 1.71. The highest BCUT2D eigenvalue weighted by Crippen LogP contribution is 2.29. The lowest BCUT2D eigenvalue weighted by Gasteiger charge is -2.18. The van der Waals surface area contributed by atoms with Gasteiger partial charge in [-0.15, -0.1) is 0 Å². The van der Waals surface area contributed by atoms with Crippen molar-refractivity contribution in [2.75, 3.05) is 7.05 Å². The van der Waals surface area contributed by atoms with Crippen molar-refractivity contribution < 1.29 is 13.6 Å². The fourth-order valence-electron chi connectivity index (χ4n) is 3.58. The van der Waals surface area contributed by atoms with Crippen molar-refractivity contribution >= 4 is 27.9 Å². The lowest BCUT2D eigenvalue weighted by Crippen LogP contribution is -2.27. The Bertz CT molecular complexity index is 1190. The van der Waals surface area contributed by atoms with Crippen LogP contribution in [0, 0.1) is 5.82 Å². The second-order valence-corrected chi connectivity index (χ2v) is 7.14. The SMILES string of the molecule is CCCCc1oc2ccccc2c1CN(C)C(=O)c1cc(F)cc2nccnc12. The molecule has 0 fully saturated rings. The predicted molar refractivity (Wildman–Crippen MR) is 110 cm³/mol. The molecule has 2 heterocycles. The Kier molecular flexibility index (Phi) is 5.25. The number of furan rings is 1. The van der Waals surface area contributed by atoms with Gasteiger partial charge >= 0.3 is 0 Å². The van der Waals surface area contributed by atoms with E-state index in [0.717, 1.165) is 41.6 Å². The van der Waals surface area contributed by atoms with Crippen molar-refractivity contribution in [3.63, 3.8) is 0 Å². The van der Waals surface area contributed by atoms with Crippen molar-refractivity contribution in [2.45, 2.75) is 32.7 Å². The Balaban J connectivity index is 1.70. The van der Waals surface area contributed by atoms with Crippen molar-refractivity contribution in [1.82, 2.24) is 14.9 Å². The molecule has 0 bridgehead atoms. The number of fused-ring (bicyclic) bond motifs is 2. The van der Waals surface area contributed by atoms with E-state index in [1.165, 1.54) is 24.5 Å². The lowest BCUT2D eigenvalue weighted by molar-refractivity contribution is 0.0786. The van der Waals surface area contributed by atoms with Gasteiger partial charge in [0, 0.05) is 49.4 Å². The quantitative estimate of drug-likeness (QED) is 0.457. The third-order valence-corrected chi connectivity index (χ3v) is 5.05. The van der Waals surface area contributed by atoms with E-state index in [0.29, 0.717) is 17.6 Å². The maximum atomic E-state index is 14.1. The van der Waals surface area contributed by atoms with E-state index in [1.807, 2.05) is 24.3 Å². The molecule has 1 amide bonds. The summed E-state index contributed by atoms with van der Waals surface area (Å²) < 4.78 is 20.1. The number of hydrogen-bond donors (Lipinski definition) is 0. The second-order valence-electron chi connectivity index (χ2n) is 7.14. The number of benzene rings is 2. The van der Waals surface area contributed by atoms with Crippen molar-refractivity contribution in [2.24, 2.45) is 0 Å². The highest BCUT2D eigenvalue weighted by atomic mass is 19.1. The second kappa shape index (κ2) is 7.99. The Labute approximate surface area is 168 Å². The molecule has 0 radical (unpaired) electrons. The Morgan fingerprint density at radius 2 is 1.97 bits per heavy atom. The van der Waals surface area contributed by atoms with Gasteiger partial charge < -0.3 is 9.32 Å². The fraction of sp³-hybridized carbons (Fsp3) is 0.261. The number of nitrogens with zero attached hydrogens (tertiary/aromatic N) is 3. The normalized spacial score (nSPS) is 11.3. The number of aryl methyl sites for hydroxylation is 1.